The molecule has 3 heteroatoms. The molecular formula is C9H13N2O. The summed E-state index contributed by atoms with van der Waals surface area (Å²) in [5.74, 6) is 1.27. The van der Waals surface area contributed by atoms with E-state index in [-0.39, 0.29) is 5.91 Å². The first kappa shape index (κ1) is 9.52. The minimum atomic E-state index is -0.350. The van der Waals surface area contributed by atoms with Crippen LogP contribution in [-0.4, -0.2) is 31.4 Å². The maximum Gasteiger partial charge on any atom is 0.225 e. The van der Waals surface area contributed by atoms with Crippen LogP contribution in [0.3, 0.4) is 0 Å². The Morgan fingerprint density at radius 3 is 2.67 bits per heavy atom. The van der Waals surface area contributed by atoms with Gasteiger partial charge in [-0.15, -0.1) is 0 Å². The van der Waals surface area contributed by atoms with Crippen molar-refractivity contribution in [2.45, 2.75) is 0 Å². The molecule has 1 aliphatic rings. The third-order valence-corrected chi connectivity index (χ3v) is 1.66. The lowest BCUT2D eigenvalue weighted by Gasteiger charge is -2.18. The van der Waals surface area contributed by atoms with Crippen LogP contribution < -0.4 is 5.73 Å². The van der Waals surface area contributed by atoms with E-state index in [2.05, 4.69) is 0 Å². The van der Waals surface area contributed by atoms with Crippen LogP contribution in [0.15, 0.2) is 0 Å². The number of hydrogen-bond donors (Lipinski definition) is 1. The lowest BCUT2D eigenvalue weighted by Crippen LogP contribution is -2.29. The molecule has 2 N–H and O–H groups in total. The Morgan fingerprint density at radius 1 is 1.50 bits per heavy atom. The van der Waals surface area contributed by atoms with Crippen molar-refractivity contribution in [2.75, 3.05) is 20.6 Å². The normalized spacial score (nSPS) is 20.6. The first-order valence-electron chi connectivity index (χ1n) is 3.80. The van der Waals surface area contributed by atoms with E-state index in [1.54, 1.807) is 6.42 Å². The molecule has 0 spiro atoms. The Kier molecular flexibility index (Phi) is 3.09. The molecule has 1 fully saturated rings. The van der Waals surface area contributed by atoms with E-state index < -0.39 is 0 Å². The zero-order chi connectivity index (χ0) is 9.14. The topological polar surface area (TPSA) is 46.3 Å². The molecule has 3 nitrogen and oxygen atoms in total. The average molecular weight is 165 g/mol. The van der Waals surface area contributed by atoms with Gasteiger partial charge in [0.25, 0.3) is 0 Å². The van der Waals surface area contributed by atoms with Gasteiger partial charge >= 0.3 is 0 Å². The van der Waals surface area contributed by atoms with Crippen molar-refractivity contribution in [3.63, 3.8) is 0 Å². The van der Waals surface area contributed by atoms with E-state index in [0.29, 0.717) is 5.92 Å². The first-order valence-corrected chi connectivity index (χ1v) is 3.80. The maximum atomic E-state index is 10.9. The van der Waals surface area contributed by atoms with Crippen LogP contribution in [0.2, 0.25) is 0 Å². The largest absolute Gasteiger partial charge is 0.369 e. The van der Waals surface area contributed by atoms with Crippen LogP contribution in [0.4, 0.5) is 0 Å². The molecule has 65 valence electrons. The summed E-state index contributed by atoms with van der Waals surface area (Å²) >= 11 is 0. The quantitative estimate of drug-likeness (QED) is 0.630. The molecule has 1 saturated carbocycles. The Bertz CT molecular complexity index is 168. The highest BCUT2D eigenvalue weighted by molar-refractivity contribution is 5.96. The Morgan fingerprint density at radius 2 is 2.17 bits per heavy atom. The summed E-state index contributed by atoms with van der Waals surface area (Å²) < 4.78 is 0. The molecule has 0 aromatic rings. The number of carbonyl (C=O) groups is 1. The predicted molar refractivity (Wildman–Crippen MR) is 47.1 cm³/mol. The van der Waals surface area contributed by atoms with E-state index in [9.17, 15) is 4.79 Å². The van der Waals surface area contributed by atoms with Gasteiger partial charge in [-0.25, -0.2) is 0 Å². The van der Waals surface area contributed by atoms with Gasteiger partial charge in [0, 0.05) is 12.5 Å². The molecule has 0 aromatic carbocycles. The molecule has 5 radical (unpaired) electrons. The van der Waals surface area contributed by atoms with Crippen molar-refractivity contribution in [1.82, 2.24) is 4.90 Å². The molecule has 0 bridgehead atoms. The lowest BCUT2D eigenvalue weighted by molar-refractivity contribution is -0.115. The SMILES string of the molecule is CN(C)C[C]1[CH][CH][CH][C]1C(N)=O. The Labute approximate surface area is 73.9 Å². The van der Waals surface area contributed by atoms with Crippen molar-refractivity contribution >= 4 is 5.91 Å². The summed E-state index contributed by atoms with van der Waals surface area (Å²) in [6, 6.07) is 0. The molecule has 0 aromatic heterocycles. The Balaban J connectivity index is 2.46. The van der Waals surface area contributed by atoms with Gasteiger partial charge in [0.15, 0.2) is 0 Å². The predicted octanol–water partition coefficient (Wildman–Crippen LogP) is -0.191. The van der Waals surface area contributed by atoms with E-state index in [0.717, 1.165) is 12.5 Å². The van der Waals surface area contributed by atoms with Crippen LogP contribution in [0.1, 0.15) is 0 Å². The molecular weight excluding hydrogens is 152 g/mol. The van der Waals surface area contributed by atoms with Gasteiger partial charge in [0.1, 0.15) is 0 Å². The smallest absolute Gasteiger partial charge is 0.225 e. The minimum Gasteiger partial charge on any atom is -0.369 e. The molecule has 0 aliphatic heterocycles. The standard InChI is InChI=1S/C9H13N2O/c1-11(2)6-7-4-3-5-8(7)9(10)12/h3-5H,6H2,1-2H3,(H2,10,12). The first-order chi connectivity index (χ1) is 5.61. The van der Waals surface area contributed by atoms with E-state index >= 15 is 0 Å². The fraction of sp³-hybridized carbons (Fsp3) is 0.333. The van der Waals surface area contributed by atoms with Crippen LogP contribution in [0.25, 0.3) is 0 Å². The third-order valence-electron chi connectivity index (χ3n) is 1.66. The van der Waals surface area contributed by atoms with Gasteiger partial charge in [0.05, 0.1) is 5.92 Å². The van der Waals surface area contributed by atoms with Gasteiger partial charge in [-0.2, -0.15) is 0 Å². The summed E-state index contributed by atoms with van der Waals surface area (Å²) in [6.45, 7) is 0.755. The number of hydrogen-bond acceptors (Lipinski definition) is 2. The van der Waals surface area contributed by atoms with Gasteiger partial charge in [0.2, 0.25) is 5.91 Å². The van der Waals surface area contributed by atoms with Gasteiger partial charge in [-0.05, 0) is 33.4 Å². The maximum absolute atomic E-state index is 10.9. The molecule has 0 heterocycles. The van der Waals surface area contributed by atoms with E-state index in [1.807, 2.05) is 31.8 Å². The minimum absolute atomic E-state index is 0.350. The summed E-state index contributed by atoms with van der Waals surface area (Å²) in [5, 5.41) is 0. The van der Waals surface area contributed by atoms with Crippen molar-refractivity contribution in [3.8, 4) is 0 Å². The lowest BCUT2D eigenvalue weighted by atomic mass is 9.95. The van der Waals surface area contributed by atoms with E-state index in [4.69, 9.17) is 5.73 Å². The second-order valence-corrected chi connectivity index (χ2v) is 3.07. The van der Waals surface area contributed by atoms with E-state index in [1.165, 1.54) is 0 Å². The third kappa shape index (κ3) is 2.21. The molecule has 0 unspecified atom stereocenters. The monoisotopic (exact) mass is 165 g/mol. The van der Waals surface area contributed by atoms with Crippen LogP contribution in [-0.2, 0) is 4.79 Å². The highest BCUT2D eigenvalue weighted by Gasteiger charge is 2.33. The van der Waals surface area contributed by atoms with Gasteiger partial charge in [-0.1, -0.05) is 0 Å². The highest BCUT2D eigenvalue weighted by atomic mass is 16.1. The van der Waals surface area contributed by atoms with Crippen LogP contribution in [0.5, 0.6) is 0 Å². The zero-order valence-electron chi connectivity index (χ0n) is 7.37. The van der Waals surface area contributed by atoms with Gasteiger partial charge < -0.3 is 10.6 Å². The summed E-state index contributed by atoms with van der Waals surface area (Å²) in [5.41, 5.74) is 5.18. The van der Waals surface area contributed by atoms with Gasteiger partial charge in [-0.3, -0.25) is 4.79 Å². The fourth-order valence-electron chi connectivity index (χ4n) is 1.18. The van der Waals surface area contributed by atoms with Crippen LogP contribution >= 0.6 is 0 Å². The van der Waals surface area contributed by atoms with Crippen molar-refractivity contribution in [2.24, 2.45) is 5.73 Å². The molecule has 0 atom stereocenters. The number of carbonyl (C=O) groups excluding carboxylic acids is 1. The van der Waals surface area contributed by atoms with Crippen LogP contribution in [0, 0.1) is 31.1 Å². The number of amides is 1. The molecule has 0 saturated heterocycles. The van der Waals surface area contributed by atoms with Crippen molar-refractivity contribution in [3.05, 3.63) is 31.1 Å². The Hall–Kier alpha value is -0.570. The molecule has 1 amide bonds. The fourth-order valence-corrected chi connectivity index (χ4v) is 1.18. The number of nitrogens with two attached hydrogens (primary N) is 1. The summed E-state index contributed by atoms with van der Waals surface area (Å²) in [6.07, 6.45) is 5.51. The number of nitrogens with zero attached hydrogens (tertiary/aromatic N) is 1. The zero-order valence-corrected chi connectivity index (χ0v) is 7.37. The second-order valence-electron chi connectivity index (χ2n) is 3.07. The number of rotatable bonds is 3. The molecule has 1 rings (SSSR count). The molecule has 1 aliphatic carbocycles. The highest BCUT2D eigenvalue weighted by Crippen LogP contribution is 2.32. The summed E-state index contributed by atoms with van der Waals surface area (Å²) in [4.78, 5) is 12.9. The van der Waals surface area contributed by atoms with Crippen molar-refractivity contribution in [1.29, 1.82) is 0 Å². The summed E-state index contributed by atoms with van der Waals surface area (Å²) in [7, 11) is 3.91. The van der Waals surface area contributed by atoms with Crippen molar-refractivity contribution < 1.29 is 4.79 Å². The number of primary amides is 1. The second kappa shape index (κ2) is 3.90. The molecule has 12 heavy (non-hydrogen) atoms. The average Bonchev–Trinajstić information content (AvgIpc) is 2.33.